The largest absolute Gasteiger partial charge is 0.481 e. The Morgan fingerprint density at radius 3 is 2.45 bits per heavy atom. The van der Waals surface area contributed by atoms with Crippen LogP contribution < -0.4 is 5.32 Å². The predicted molar refractivity (Wildman–Crippen MR) is 126 cm³/mol. The van der Waals surface area contributed by atoms with E-state index in [9.17, 15) is 14.7 Å². The maximum atomic E-state index is 15.0. The van der Waals surface area contributed by atoms with E-state index in [2.05, 4.69) is 27.3 Å². The highest BCUT2D eigenvalue weighted by Crippen LogP contribution is 2.58. The molecule has 4 saturated carbocycles. The number of rotatable bonds is 3. The van der Waals surface area contributed by atoms with Crippen LogP contribution in [0.3, 0.4) is 0 Å². The van der Waals surface area contributed by atoms with Gasteiger partial charge in [-0.2, -0.15) is 0 Å². The van der Waals surface area contributed by atoms with E-state index in [1.54, 1.807) is 0 Å². The topological polar surface area (TPSA) is 69.6 Å². The van der Waals surface area contributed by atoms with Crippen LogP contribution in [0.25, 0.3) is 0 Å². The molecule has 3 atom stereocenters. The van der Waals surface area contributed by atoms with Gasteiger partial charge in [-0.25, -0.2) is 9.18 Å². The number of halogens is 2. The summed E-state index contributed by atoms with van der Waals surface area (Å²) in [6.07, 6.45) is 6.76. The fourth-order valence-corrected chi connectivity index (χ4v) is 9.31. The molecule has 178 valence electrons. The van der Waals surface area contributed by atoms with Crippen LogP contribution in [0.2, 0.25) is 0 Å². The Kier molecular flexibility index (Phi) is 5.10. The fraction of sp³-hybridized carbons (Fsp3) is 0.692. The number of carboxylic acid groups (broad SMARTS) is 1. The minimum atomic E-state index is -0.981. The molecular formula is C26H32BrFN2O3. The molecule has 5 aliphatic carbocycles. The summed E-state index contributed by atoms with van der Waals surface area (Å²) in [6.45, 7) is 1.34. The van der Waals surface area contributed by atoms with E-state index in [1.165, 1.54) is 5.56 Å². The van der Waals surface area contributed by atoms with Gasteiger partial charge in [-0.15, -0.1) is 0 Å². The molecule has 1 aliphatic heterocycles. The third-order valence-corrected chi connectivity index (χ3v) is 10.2. The van der Waals surface area contributed by atoms with Crippen LogP contribution in [0.4, 0.5) is 9.18 Å². The number of benzene rings is 1. The number of carboxylic acids is 1. The minimum absolute atomic E-state index is 0.00247. The molecule has 0 aromatic heterocycles. The van der Waals surface area contributed by atoms with Gasteiger partial charge in [0.2, 0.25) is 0 Å². The standard InChI is InChI=1S/C26H32BrFN2O3/c27-20-3-1-2-19-16(10-21(31)32)12-25(22(19)20)4-6-30(7-5-25)24(33)29-23-17-8-15-9-18(23)14-26(28,11-15)13-17/h1-3,15-18,23H,4-14H2,(H,29,33)(H,31,32). The molecule has 6 aliphatic rings. The lowest BCUT2D eigenvalue weighted by Crippen LogP contribution is -2.62. The van der Waals surface area contributed by atoms with Crippen molar-refractivity contribution in [3.05, 3.63) is 33.8 Å². The van der Waals surface area contributed by atoms with Gasteiger partial charge in [0, 0.05) is 29.0 Å². The number of carbonyl (C=O) groups is 2. The van der Waals surface area contributed by atoms with Crippen molar-refractivity contribution in [1.82, 2.24) is 10.2 Å². The smallest absolute Gasteiger partial charge is 0.317 e. The van der Waals surface area contributed by atoms with Gasteiger partial charge in [0.15, 0.2) is 0 Å². The Morgan fingerprint density at radius 2 is 1.82 bits per heavy atom. The highest BCUT2D eigenvalue weighted by molar-refractivity contribution is 9.10. The highest BCUT2D eigenvalue weighted by Gasteiger charge is 2.56. The Morgan fingerprint density at radius 1 is 1.12 bits per heavy atom. The van der Waals surface area contributed by atoms with Crippen molar-refractivity contribution in [2.75, 3.05) is 13.1 Å². The molecule has 2 N–H and O–H groups in total. The van der Waals surface area contributed by atoms with Gasteiger partial charge in [-0.05, 0) is 92.2 Å². The van der Waals surface area contributed by atoms with Crippen molar-refractivity contribution >= 4 is 27.9 Å². The Bertz CT molecular complexity index is 976. The normalized spacial score (nSPS) is 37.9. The summed E-state index contributed by atoms with van der Waals surface area (Å²) in [7, 11) is 0. The fourth-order valence-electron chi connectivity index (χ4n) is 8.50. The first-order valence-corrected chi connectivity index (χ1v) is 13.3. The summed E-state index contributed by atoms with van der Waals surface area (Å²) in [5.41, 5.74) is 1.35. The molecule has 5 fully saturated rings. The SMILES string of the molecule is O=C(O)CC1CC2(CCN(C(=O)NC3C4CC5CC3CC(F)(C5)C4)CC2)c2c(Br)cccc21. The predicted octanol–water partition coefficient (Wildman–Crippen LogP) is 5.37. The Balaban J connectivity index is 1.14. The van der Waals surface area contributed by atoms with Crippen molar-refractivity contribution in [1.29, 1.82) is 0 Å². The number of amides is 2. The molecule has 5 nitrogen and oxygen atoms in total. The molecule has 1 saturated heterocycles. The zero-order chi connectivity index (χ0) is 23.0. The summed E-state index contributed by atoms with van der Waals surface area (Å²) in [5, 5.41) is 12.8. The number of nitrogens with one attached hydrogen (secondary N) is 1. The van der Waals surface area contributed by atoms with Gasteiger partial charge in [0.1, 0.15) is 5.67 Å². The van der Waals surface area contributed by atoms with E-state index in [0.29, 0.717) is 31.8 Å². The molecule has 1 aromatic carbocycles. The summed E-state index contributed by atoms with van der Waals surface area (Å²) in [5.74, 6) is 0.351. The van der Waals surface area contributed by atoms with Crippen LogP contribution in [0.5, 0.6) is 0 Å². The van der Waals surface area contributed by atoms with Crippen molar-refractivity contribution in [3.8, 4) is 0 Å². The first-order chi connectivity index (χ1) is 15.8. The third kappa shape index (κ3) is 3.60. The lowest BCUT2D eigenvalue weighted by molar-refractivity contribution is -0.137. The van der Waals surface area contributed by atoms with Crippen LogP contribution in [0.15, 0.2) is 22.7 Å². The van der Waals surface area contributed by atoms with Crippen molar-refractivity contribution in [3.63, 3.8) is 0 Å². The Hall–Kier alpha value is -1.63. The van der Waals surface area contributed by atoms with E-state index in [-0.39, 0.29) is 41.7 Å². The molecule has 3 unspecified atom stereocenters. The second-order valence-electron chi connectivity index (χ2n) is 11.6. The van der Waals surface area contributed by atoms with Crippen molar-refractivity contribution in [2.45, 2.75) is 80.8 Å². The first-order valence-electron chi connectivity index (χ1n) is 12.5. The maximum absolute atomic E-state index is 15.0. The molecule has 2 amide bonds. The van der Waals surface area contributed by atoms with Crippen LogP contribution >= 0.6 is 15.9 Å². The molecule has 1 heterocycles. The molecular weight excluding hydrogens is 487 g/mol. The van der Waals surface area contributed by atoms with Gasteiger partial charge < -0.3 is 15.3 Å². The second-order valence-corrected chi connectivity index (χ2v) is 12.4. The molecule has 7 heteroatoms. The number of fused-ring (bicyclic) bond motifs is 2. The number of hydrogen-bond donors (Lipinski definition) is 2. The molecule has 33 heavy (non-hydrogen) atoms. The zero-order valence-electron chi connectivity index (χ0n) is 18.9. The van der Waals surface area contributed by atoms with Crippen LogP contribution in [0, 0.1) is 17.8 Å². The van der Waals surface area contributed by atoms with Crippen LogP contribution in [0.1, 0.15) is 74.8 Å². The van der Waals surface area contributed by atoms with Gasteiger partial charge in [0.25, 0.3) is 0 Å². The Labute approximate surface area is 202 Å². The molecule has 0 radical (unpaired) electrons. The summed E-state index contributed by atoms with van der Waals surface area (Å²) in [6, 6.07) is 6.24. The van der Waals surface area contributed by atoms with Gasteiger partial charge in [-0.3, -0.25) is 4.79 Å². The van der Waals surface area contributed by atoms with E-state index in [0.717, 1.165) is 48.6 Å². The van der Waals surface area contributed by atoms with Crippen molar-refractivity contribution < 1.29 is 19.1 Å². The zero-order valence-corrected chi connectivity index (χ0v) is 20.4. The lowest BCUT2D eigenvalue weighted by atomic mass is 9.53. The molecule has 4 bridgehead atoms. The van der Waals surface area contributed by atoms with Gasteiger partial charge in [0.05, 0.1) is 6.42 Å². The molecule has 1 aromatic rings. The van der Waals surface area contributed by atoms with Crippen molar-refractivity contribution in [2.24, 2.45) is 17.8 Å². The van der Waals surface area contributed by atoms with E-state index < -0.39 is 11.6 Å². The number of nitrogens with zero attached hydrogens (tertiary/aromatic N) is 1. The van der Waals surface area contributed by atoms with E-state index >= 15 is 4.39 Å². The number of aliphatic carboxylic acids is 1. The van der Waals surface area contributed by atoms with Gasteiger partial charge >= 0.3 is 12.0 Å². The number of hydrogen-bond acceptors (Lipinski definition) is 2. The average molecular weight is 519 g/mol. The van der Waals surface area contributed by atoms with E-state index in [1.807, 2.05) is 17.0 Å². The highest BCUT2D eigenvalue weighted by atomic mass is 79.9. The number of urea groups is 1. The maximum Gasteiger partial charge on any atom is 0.317 e. The lowest BCUT2D eigenvalue weighted by Gasteiger charge is -2.57. The number of carbonyl (C=O) groups excluding carboxylic acids is 1. The number of piperidine rings is 1. The van der Waals surface area contributed by atoms with Gasteiger partial charge in [-0.1, -0.05) is 28.1 Å². The average Bonchev–Trinajstić information content (AvgIpc) is 3.03. The summed E-state index contributed by atoms with van der Waals surface area (Å²) < 4.78 is 16.1. The van der Waals surface area contributed by atoms with E-state index in [4.69, 9.17) is 0 Å². The number of alkyl halides is 1. The number of likely N-dealkylation sites (tertiary alicyclic amines) is 1. The second kappa shape index (κ2) is 7.69. The molecule has 7 rings (SSSR count). The monoisotopic (exact) mass is 518 g/mol. The van der Waals surface area contributed by atoms with Crippen LogP contribution in [-0.2, 0) is 10.2 Å². The minimum Gasteiger partial charge on any atom is -0.481 e. The quantitative estimate of drug-likeness (QED) is 0.564. The summed E-state index contributed by atoms with van der Waals surface area (Å²) >= 11 is 3.73. The molecule has 1 spiro atoms. The first kappa shape index (κ1) is 21.9. The van der Waals surface area contributed by atoms with Crippen LogP contribution in [-0.4, -0.2) is 46.8 Å². The third-order valence-electron chi connectivity index (χ3n) is 9.57. The summed E-state index contributed by atoms with van der Waals surface area (Å²) in [4.78, 5) is 26.6.